The smallest absolute Gasteiger partial charge is 0.133 e. The third-order valence-electron chi connectivity index (χ3n) is 3.87. The van der Waals surface area contributed by atoms with Gasteiger partial charge in [0.1, 0.15) is 5.78 Å². The van der Waals surface area contributed by atoms with Crippen molar-refractivity contribution in [2.24, 2.45) is 11.8 Å². The number of hydrogen-bond acceptors (Lipinski definition) is 3. The Morgan fingerprint density at radius 1 is 1.24 bits per heavy atom. The summed E-state index contributed by atoms with van der Waals surface area (Å²) in [5, 5.41) is 0.705. The quantitative estimate of drug-likeness (QED) is 0.779. The number of Topliss-reactive ketones (excluding diaryl/α,β-unsaturated/α-hetero) is 1. The van der Waals surface area contributed by atoms with Crippen molar-refractivity contribution in [1.29, 1.82) is 0 Å². The number of hydrogen-bond donors (Lipinski definition) is 1. The molecule has 17 heavy (non-hydrogen) atoms. The van der Waals surface area contributed by atoms with Gasteiger partial charge in [0.2, 0.25) is 0 Å². The zero-order valence-electron chi connectivity index (χ0n) is 9.53. The molecule has 1 saturated carbocycles. The second-order valence-electron chi connectivity index (χ2n) is 5.08. The van der Waals surface area contributed by atoms with Gasteiger partial charge in [-0.25, -0.2) is 0 Å². The molecule has 3 rings (SSSR count). The summed E-state index contributed by atoms with van der Waals surface area (Å²) >= 11 is 6.21. The van der Waals surface area contributed by atoms with E-state index in [9.17, 15) is 4.79 Å². The lowest BCUT2D eigenvalue weighted by Crippen LogP contribution is -2.21. The number of fused-ring (bicyclic) bond motifs is 1. The van der Waals surface area contributed by atoms with E-state index in [4.69, 9.17) is 17.3 Å². The van der Waals surface area contributed by atoms with Crippen LogP contribution in [0.5, 0.6) is 0 Å². The minimum atomic E-state index is 0.419. The van der Waals surface area contributed by atoms with E-state index in [1.807, 2.05) is 12.1 Å². The molecule has 1 aliphatic carbocycles. The van der Waals surface area contributed by atoms with Gasteiger partial charge in [-0.3, -0.25) is 4.79 Å². The van der Waals surface area contributed by atoms with Crippen LogP contribution in [0.3, 0.4) is 0 Å². The molecule has 1 aromatic carbocycles. The minimum Gasteiger partial charge on any atom is -0.399 e. The highest BCUT2D eigenvalue weighted by Crippen LogP contribution is 2.40. The Labute approximate surface area is 106 Å². The van der Waals surface area contributed by atoms with Crippen molar-refractivity contribution < 1.29 is 4.79 Å². The number of nitrogens with zero attached hydrogens (tertiary/aromatic N) is 1. The van der Waals surface area contributed by atoms with Crippen molar-refractivity contribution in [1.82, 2.24) is 0 Å². The Bertz CT molecular complexity index is 458. The molecule has 1 aromatic rings. The van der Waals surface area contributed by atoms with Crippen LogP contribution in [0.1, 0.15) is 12.8 Å². The molecule has 3 nitrogen and oxygen atoms in total. The van der Waals surface area contributed by atoms with Crippen LogP contribution in [0.4, 0.5) is 11.4 Å². The first-order valence-electron chi connectivity index (χ1n) is 5.95. The maximum absolute atomic E-state index is 11.4. The Hall–Kier alpha value is -1.22. The fourth-order valence-corrected chi connectivity index (χ4v) is 3.35. The average Bonchev–Trinajstić information content (AvgIpc) is 2.74. The Morgan fingerprint density at radius 3 is 2.47 bits per heavy atom. The molecule has 0 amide bonds. The Kier molecular flexibility index (Phi) is 2.51. The Morgan fingerprint density at radius 2 is 1.88 bits per heavy atom. The van der Waals surface area contributed by atoms with Gasteiger partial charge in [-0.05, 0) is 30.0 Å². The zero-order valence-corrected chi connectivity index (χ0v) is 10.3. The monoisotopic (exact) mass is 250 g/mol. The van der Waals surface area contributed by atoms with Crippen molar-refractivity contribution in [3.63, 3.8) is 0 Å². The van der Waals surface area contributed by atoms with E-state index in [1.165, 1.54) is 0 Å². The lowest BCUT2D eigenvalue weighted by atomic mass is 10.0. The largest absolute Gasteiger partial charge is 0.399 e. The topological polar surface area (TPSA) is 46.3 Å². The van der Waals surface area contributed by atoms with Gasteiger partial charge < -0.3 is 10.6 Å². The summed E-state index contributed by atoms with van der Waals surface area (Å²) in [4.78, 5) is 13.6. The van der Waals surface area contributed by atoms with Crippen molar-refractivity contribution in [3.05, 3.63) is 23.2 Å². The molecule has 90 valence electrons. The lowest BCUT2D eigenvalue weighted by Gasteiger charge is -2.21. The summed E-state index contributed by atoms with van der Waals surface area (Å²) in [7, 11) is 0. The van der Waals surface area contributed by atoms with Gasteiger partial charge in [0.05, 0.1) is 10.7 Å². The van der Waals surface area contributed by atoms with E-state index in [0.717, 1.165) is 31.6 Å². The second-order valence-corrected chi connectivity index (χ2v) is 5.49. The van der Waals surface area contributed by atoms with Crippen LogP contribution in [-0.4, -0.2) is 18.9 Å². The molecule has 0 aromatic heterocycles. The molecule has 4 heteroatoms. The molecule has 1 heterocycles. The van der Waals surface area contributed by atoms with E-state index < -0.39 is 0 Å². The molecule has 2 N–H and O–H groups in total. The number of anilines is 2. The standard InChI is InChI=1S/C13H15ClN2O/c14-12-5-10(15)1-2-13(12)16-6-8-3-11(17)4-9(8)7-16/h1-2,5,8-9H,3-4,6-7,15H2. The van der Waals surface area contributed by atoms with Gasteiger partial charge in [0.15, 0.2) is 0 Å². The maximum Gasteiger partial charge on any atom is 0.133 e. The van der Waals surface area contributed by atoms with Gasteiger partial charge in [-0.2, -0.15) is 0 Å². The predicted molar refractivity (Wildman–Crippen MR) is 69.3 cm³/mol. The van der Waals surface area contributed by atoms with Crippen LogP contribution in [0, 0.1) is 11.8 Å². The van der Waals surface area contributed by atoms with Crippen molar-refractivity contribution in [2.75, 3.05) is 23.7 Å². The first kappa shape index (κ1) is 10.9. The summed E-state index contributed by atoms with van der Waals surface area (Å²) in [6.45, 7) is 1.89. The molecule has 2 unspecified atom stereocenters. The lowest BCUT2D eigenvalue weighted by molar-refractivity contribution is -0.117. The second kappa shape index (κ2) is 3.91. The van der Waals surface area contributed by atoms with Crippen molar-refractivity contribution in [2.45, 2.75) is 12.8 Å². The third-order valence-corrected chi connectivity index (χ3v) is 4.17. The average molecular weight is 251 g/mol. The maximum atomic E-state index is 11.4. The summed E-state index contributed by atoms with van der Waals surface area (Å²) in [5.74, 6) is 1.47. The molecular formula is C13H15ClN2O. The third kappa shape index (κ3) is 1.89. The van der Waals surface area contributed by atoms with E-state index >= 15 is 0 Å². The number of rotatable bonds is 1. The highest BCUT2D eigenvalue weighted by molar-refractivity contribution is 6.33. The molecule has 2 aliphatic rings. The van der Waals surface area contributed by atoms with Gasteiger partial charge in [-0.15, -0.1) is 0 Å². The summed E-state index contributed by atoms with van der Waals surface area (Å²) in [6.07, 6.45) is 1.49. The Balaban J connectivity index is 1.81. The summed E-state index contributed by atoms with van der Waals surface area (Å²) in [5.41, 5.74) is 7.42. The number of carbonyl (C=O) groups is 1. The highest BCUT2D eigenvalue weighted by atomic mass is 35.5. The first-order valence-corrected chi connectivity index (χ1v) is 6.33. The van der Waals surface area contributed by atoms with E-state index in [2.05, 4.69) is 4.90 Å². The summed E-state index contributed by atoms with van der Waals surface area (Å²) < 4.78 is 0. The van der Waals surface area contributed by atoms with Crippen LogP contribution in [0.2, 0.25) is 5.02 Å². The minimum absolute atomic E-state index is 0.419. The van der Waals surface area contributed by atoms with Gasteiger partial charge in [0.25, 0.3) is 0 Å². The van der Waals surface area contributed by atoms with Crippen LogP contribution < -0.4 is 10.6 Å². The number of carbonyl (C=O) groups excluding carboxylic acids is 1. The van der Waals surface area contributed by atoms with Crippen LogP contribution >= 0.6 is 11.6 Å². The van der Waals surface area contributed by atoms with E-state index in [-0.39, 0.29) is 0 Å². The normalized spacial score (nSPS) is 27.6. The molecular weight excluding hydrogens is 236 g/mol. The molecule has 0 radical (unpaired) electrons. The molecule has 2 atom stereocenters. The SMILES string of the molecule is Nc1ccc(N2CC3CC(=O)CC3C2)c(Cl)c1. The highest BCUT2D eigenvalue weighted by Gasteiger charge is 2.40. The fraction of sp³-hybridized carbons (Fsp3) is 0.462. The molecule has 0 spiro atoms. The van der Waals surface area contributed by atoms with E-state index in [0.29, 0.717) is 28.3 Å². The van der Waals surface area contributed by atoms with E-state index in [1.54, 1.807) is 6.07 Å². The number of halogens is 1. The van der Waals surface area contributed by atoms with Crippen LogP contribution in [0.15, 0.2) is 18.2 Å². The molecule has 2 fully saturated rings. The van der Waals surface area contributed by atoms with Crippen LogP contribution in [-0.2, 0) is 4.79 Å². The number of ketones is 1. The molecule has 1 aliphatic heterocycles. The first-order chi connectivity index (χ1) is 8.13. The van der Waals surface area contributed by atoms with Crippen molar-refractivity contribution >= 4 is 28.8 Å². The predicted octanol–water partition coefficient (Wildman–Crippen LogP) is 2.34. The fourth-order valence-electron chi connectivity index (χ4n) is 3.05. The number of benzene rings is 1. The molecule has 0 bridgehead atoms. The number of nitrogen functional groups attached to an aromatic ring is 1. The van der Waals surface area contributed by atoms with Gasteiger partial charge in [-0.1, -0.05) is 11.6 Å². The number of nitrogens with two attached hydrogens (primary N) is 1. The summed E-state index contributed by atoms with van der Waals surface area (Å²) in [6, 6.07) is 5.64. The van der Waals surface area contributed by atoms with Crippen molar-refractivity contribution in [3.8, 4) is 0 Å². The molecule has 1 saturated heterocycles. The van der Waals surface area contributed by atoms with Crippen LogP contribution in [0.25, 0.3) is 0 Å². The zero-order chi connectivity index (χ0) is 12.0. The van der Waals surface area contributed by atoms with Gasteiger partial charge in [0, 0.05) is 31.6 Å². The van der Waals surface area contributed by atoms with Gasteiger partial charge >= 0.3 is 0 Å².